The molecule has 0 spiro atoms. The first-order chi connectivity index (χ1) is 11.1. The van der Waals surface area contributed by atoms with Gasteiger partial charge in [0.15, 0.2) is 0 Å². The summed E-state index contributed by atoms with van der Waals surface area (Å²) in [5.41, 5.74) is 3.55. The molecule has 1 saturated carbocycles. The number of hydrogen-bond acceptors (Lipinski definition) is 3. The highest BCUT2D eigenvalue weighted by atomic mass is 16.5. The number of pyridine rings is 1. The highest BCUT2D eigenvalue weighted by Crippen LogP contribution is 2.36. The van der Waals surface area contributed by atoms with Gasteiger partial charge in [0.05, 0.1) is 11.9 Å². The van der Waals surface area contributed by atoms with E-state index in [2.05, 4.69) is 61.4 Å². The monoisotopic (exact) mass is 309 g/mol. The Morgan fingerprint density at radius 2 is 2.13 bits per heavy atom. The summed E-state index contributed by atoms with van der Waals surface area (Å²) < 4.78 is 6.09. The van der Waals surface area contributed by atoms with Gasteiger partial charge in [-0.25, -0.2) is 4.98 Å². The largest absolute Gasteiger partial charge is 0.489 e. The molecule has 2 aromatic rings. The molecule has 3 rings (SSSR count). The van der Waals surface area contributed by atoms with Crippen molar-refractivity contribution in [3.63, 3.8) is 0 Å². The molecule has 1 aliphatic rings. The van der Waals surface area contributed by atoms with E-state index in [0.717, 1.165) is 30.3 Å². The summed E-state index contributed by atoms with van der Waals surface area (Å²) in [4.78, 5) is 6.54. The maximum atomic E-state index is 6.09. The van der Waals surface area contributed by atoms with Gasteiger partial charge >= 0.3 is 0 Å². The van der Waals surface area contributed by atoms with Crippen LogP contribution in [0.15, 0.2) is 36.4 Å². The lowest BCUT2D eigenvalue weighted by Crippen LogP contribution is -2.28. The summed E-state index contributed by atoms with van der Waals surface area (Å²) in [6.45, 7) is 3.02. The van der Waals surface area contributed by atoms with Gasteiger partial charge in [-0.05, 0) is 82.1 Å². The van der Waals surface area contributed by atoms with E-state index in [0.29, 0.717) is 0 Å². The van der Waals surface area contributed by atoms with Crippen molar-refractivity contribution in [2.24, 2.45) is 5.92 Å². The molecule has 3 heteroatoms. The van der Waals surface area contributed by atoms with Crippen LogP contribution in [0, 0.1) is 12.1 Å². The van der Waals surface area contributed by atoms with Crippen LogP contribution in [0.1, 0.15) is 25.3 Å². The molecular formula is C20H25N2O. The summed E-state index contributed by atoms with van der Waals surface area (Å²) in [6, 6.07) is 12.3. The maximum Gasteiger partial charge on any atom is 0.120 e. The molecule has 0 N–H and O–H groups in total. The Kier molecular flexibility index (Phi) is 4.97. The Hall–Kier alpha value is -1.87. The third kappa shape index (κ3) is 4.55. The van der Waals surface area contributed by atoms with E-state index in [-0.39, 0.29) is 6.10 Å². The molecule has 0 saturated heterocycles. The van der Waals surface area contributed by atoms with E-state index >= 15 is 0 Å². The van der Waals surface area contributed by atoms with Crippen molar-refractivity contribution in [2.45, 2.75) is 32.3 Å². The predicted molar refractivity (Wildman–Crippen MR) is 93.6 cm³/mol. The number of rotatable bonds is 7. The molecule has 1 unspecified atom stereocenters. The normalized spacial score (nSPS) is 15.7. The summed E-state index contributed by atoms with van der Waals surface area (Å²) in [7, 11) is 4.14. The van der Waals surface area contributed by atoms with E-state index in [1.54, 1.807) is 0 Å². The number of ether oxygens (including phenoxy) is 1. The van der Waals surface area contributed by atoms with Crippen molar-refractivity contribution in [3.8, 4) is 17.0 Å². The summed E-state index contributed by atoms with van der Waals surface area (Å²) in [5, 5.41) is 0. The van der Waals surface area contributed by atoms with Crippen molar-refractivity contribution >= 4 is 0 Å². The molecule has 1 aromatic heterocycles. The molecule has 1 atom stereocenters. The molecule has 23 heavy (non-hydrogen) atoms. The third-order valence-electron chi connectivity index (χ3n) is 4.13. The topological polar surface area (TPSA) is 25.4 Å². The molecule has 1 radical (unpaired) electrons. The SMILES string of the molecule is CC(CN(C)C)Oc1ccc(-c2ccc[c]n2)c(CC2CC2)c1. The maximum absolute atomic E-state index is 6.09. The zero-order valence-electron chi connectivity index (χ0n) is 14.2. The van der Waals surface area contributed by atoms with Crippen LogP contribution in [-0.4, -0.2) is 36.6 Å². The minimum Gasteiger partial charge on any atom is -0.489 e. The molecule has 1 heterocycles. The van der Waals surface area contributed by atoms with Crippen LogP contribution in [0.2, 0.25) is 0 Å². The van der Waals surface area contributed by atoms with Crippen LogP contribution >= 0.6 is 0 Å². The van der Waals surface area contributed by atoms with E-state index in [9.17, 15) is 0 Å². The van der Waals surface area contributed by atoms with Gasteiger partial charge in [-0.3, -0.25) is 0 Å². The molecular weight excluding hydrogens is 284 g/mol. The van der Waals surface area contributed by atoms with Gasteiger partial charge in [-0.15, -0.1) is 0 Å². The van der Waals surface area contributed by atoms with Crippen LogP contribution in [0.5, 0.6) is 5.75 Å². The molecule has 3 nitrogen and oxygen atoms in total. The van der Waals surface area contributed by atoms with Crippen LogP contribution in [0.3, 0.4) is 0 Å². The van der Waals surface area contributed by atoms with E-state index in [4.69, 9.17) is 4.74 Å². The number of nitrogens with zero attached hydrogens (tertiary/aromatic N) is 2. The van der Waals surface area contributed by atoms with E-state index in [1.165, 1.54) is 24.0 Å². The first-order valence-electron chi connectivity index (χ1n) is 8.39. The standard InChI is InChI=1S/C20H25N2O/c1-15(14-22(2)3)23-18-9-10-19(20-6-4-5-11-21-20)17(13-18)12-16-7-8-16/h4-6,9-10,13,15-16H,7-8,12,14H2,1-3H3. The van der Waals surface area contributed by atoms with Gasteiger partial charge in [0.1, 0.15) is 11.9 Å². The predicted octanol–water partition coefficient (Wildman–Crippen LogP) is 3.83. The van der Waals surface area contributed by atoms with E-state index < -0.39 is 0 Å². The first-order valence-corrected chi connectivity index (χ1v) is 8.39. The molecule has 1 fully saturated rings. The van der Waals surface area contributed by atoms with Crippen molar-refractivity contribution in [1.82, 2.24) is 9.88 Å². The Balaban J connectivity index is 1.83. The summed E-state index contributed by atoms with van der Waals surface area (Å²) >= 11 is 0. The molecule has 1 aromatic carbocycles. The molecule has 1 aliphatic carbocycles. The lowest BCUT2D eigenvalue weighted by atomic mass is 9.99. The van der Waals surface area contributed by atoms with Crippen molar-refractivity contribution in [1.29, 1.82) is 0 Å². The lowest BCUT2D eigenvalue weighted by molar-refractivity contribution is 0.177. The molecule has 0 bridgehead atoms. The summed E-state index contributed by atoms with van der Waals surface area (Å²) in [5.74, 6) is 1.79. The van der Waals surface area contributed by atoms with Crippen molar-refractivity contribution in [2.75, 3.05) is 20.6 Å². The number of aromatic nitrogens is 1. The molecule has 121 valence electrons. The number of benzene rings is 1. The second kappa shape index (κ2) is 7.14. The fourth-order valence-electron chi connectivity index (χ4n) is 2.96. The highest BCUT2D eigenvalue weighted by molar-refractivity contribution is 5.65. The van der Waals surface area contributed by atoms with Crippen LogP contribution in [0.25, 0.3) is 11.3 Å². The second-order valence-electron chi connectivity index (χ2n) is 6.81. The zero-order valence-corrected chi connectivity index (χ0v) is 14.2. The van der Waals surface area contributed by atoms with Gasteiger partial charge < -0.3 is 9.64 Å². The minimum atomic E-state index is 0.174. The molecule has 0 amide bonds. The Bertz CT molecular complexity index is 635. The van der Waals surface area contributed by atoms with Gasteiger partial charge in [-0.1, -0.05) is 6.07 Å². The highest BCUT2D eigenvalue weighted by Gasteiger charge is 2.23. The quantitative estimate of drug-likeness (QED) is 0.777. The average molecular weight is 309 g/mol. The van der Waals surface area contributed by atoms with Crippen LogP contribution in [-0.2, 0) is 6.42 Å². The van der Waals surface area contributed by atoms with Gasteiger partial charge in [0.2, 0.25) is 0 Å². The Morgan fingerprint density at radius 3 is 2.78 bits per heavy atom. The van der Waals surface area contributed by atoms with Gasteiger partial charge in [0, 0.05) is 12.1 Å². The number of likely N-dealkylation sites (N-methyl/N-ethyl adjacent to an activating group) is 1. The smallest absolute Gasteiger partial charge is 0.120 e. The fraction of sp³-hybridized carbons (Fsp3) is 0.450. The number of hydrogen-bond donors (Lipinski definition) is 0. The zero-order chi connectivity index (χ0) is 16.2. The van der Waals surface area contributed by atoms with Crippen LogP contribution < -0.4 is 4.74 Å². The fourth-order valence-corrected chi connectivity index (χ4v) is 2.96. The minimum absolute atomic E-state index is 0.174. The molecule has 0 aliphatic heterocycles. The Labute approximate surface area is 139 Å². The van der Waals surface area contributed by atoms with E-state index in [1.807, 2.05) is 12.1 Å². The second-order valence-corrected chi connectivity index (χ2v) is 6.81. The van der Waals surface area contributed by atoms with Crippen molar-refractivity contribution in [3.05, 3.63) is 48.2 Å². The first kappa shape index (κ1) is 16.0. The lowest BCUT2D eigenvalue weighted by Gasteiger charge is -2.20. The average Bonchev–Trinajstić information content (AvgIpc) is 3.31. The van der Waals surface area contributed by atoms with Gasteiger partial charge in [0.25, 0.3) is 0 Å². The van der Waals surface area contributed by atoms with Crippen LogP contribution in [0.4, 0.5) is 0 Å². The van der Waals surface area contributed by atoms with Crippen molar-refractivity contribution < 1.29 is 4.74 Å². The summed E-state index contributed by atoms with van der Waals surface area (Å²) in [6.07, 6.45) is 6.91. The van der Waals surface area contributed by atoms with Gasteiger partial charge in [-0.2, -0.15) is 0 Å². The Morgan fingerprint density at radius 1 is 1.30 bits per heavy atom. The third-order valence-corrected chi connectivity index (χ3v) is 4.13.